The third-order valence-corrected chi connectivity index (χ3v) is 9.54. The SMILES string of the molecule is COCCOc1ccc(/C([S-])=C(/[S-])c2ccccc2Cl)cc1OC.COCOc1ccc(C([S-])C([S-])c2ccccc2Cl)cc1OC.[Ni]. The van der Waals surface area contributed by atoms with Gasteiger partial charge in [0.25, 0.3) is 0 Å². The quantitative estimate of drug-likeness (QED) is 0.0408. The molecule has 0 radical (unpaired) electrons. The summed E-state index contributed by atoms with van der Waals surface area (Å²) in [5.41, 5.74) is 3.29. The molecule has 0 N–H and O–H groups in total. The van der Waals surface area contributed by atoms with E-state index in [-0.39, 0.29) is 33.8 Å². The minimum Gasteiger partial charge on any atom is -0.786 e. The van der Waals surface area contributed by atoms with E-state index in [4.69, 9.17) is 102 Å². The Kier molecular flexibility index (Phi) is 19.2. The van der Waals surface area contributed by atoms with Gasteiger partial charge in [0.1, 0.15) is 6.61 Å². The predicted octanol–water partition coefficient (Wildman–Crippen LogP) is 8.50. The number of hydrogen-bond acceptors (Lipinski definition) is 10. The van der Waals surface area contributed by atoms with Crippen LogP contribution in [-0.2, 0) is 76.5 Å². The zero-order chi connectivity index (χ0) is 34.3. The topological polar surface area (TPSA) is 55.4 Å². The summed E-state index contributed by atoms with van der Waals surface area (Å²) in [5, 5.41) is 0.593. The molecule has 0 fully saturated rings. The fraction of sp³-hybridized carbons (Fsp3) is 0.257. The van der Waals surface area contributed by atoms with Gasteiger partial charge < -0.3 is 78.9 Å². The van der Waals surface area contributed by atoms with Crippen LogP contribution in [0.15, 0.2) is 84.9 Å². The molecule has 48 heavy (non-hydrogen) atoms. The molecule has 0 bridgehead atoms. The minimum atomic E-state index is -0.311. The van der Waals surface area contributed by atoms with Gasteiger partial charge in [-0.3, -0.25) is 0 Å². The number of benzene rings is 4. The Morgan fingerprint density at radius 2 is 1.23 bits per heavy atom. The molecular weight excluding hydrogens is 774 g/mol. The summed E-state index contributed by atoms with van der Waals surface area (Å²) in [7, 11) is 6.34. The summed E-state index contributed by atoms with van der Waals surface area (Å²) >= 11 is 34.7. The van der Waals surface area contributed by atoms with Crippen molar-refractivity contribution in [2.45, 2.75) is 10.5 Å². The van der Waals surface area contributed by atoms with E-state index in [9.17, 15) is 0 Å². The Morgan fingerprint density at radius 1 is 0.625 bits per heavy atom. The predicted molar refractivity (Wildman–Crippen MR) is 201 cm³/mol. The molecule has 2 atom stereocenters. The van der Waals surface area contributed by atoms with Crippen LogP contribution in [0.3, 0.4) is 0 Å². The van der Waals surface area contributed by atoms with Crippen molar-refractivity contribution in [1.82, 2.24) is 0 Å². The summed E-state index contributed by atoms with van der Waals surface area (Å²) in [6.07, 6.45) is 0. The third-order valence-electron chi connectivity index (χ3n) is 6.63. The largest absolute Gasteiger partial charge is 0.786 e. The normalized spacial score (nSPS) is 12.3. The monoisotopic (exact) mass is 806 g/mol. The number of ether oxygens (including phenoxy) is 6. The molecule has 0 amide bonds. The summed E-state index contributed by atoms with van der Waals surface area (Å²) < 4.78 is 31.7. The van der Waals surface area contributed by atoms with Gasteiger partial charge in [-0.2, -0.15) is 20.3 Å². The summed E-state index contributed by atoms with van der Waals surface area (Å²) in [6.45, 7) is 1.09. The molecule has 0 aliphatic rings. The van der Waals surface area contributed by atoms with Crippen LogP contribution >= 0.6 is 23.2 Å². The summed E-state index contributed by atoms with van der Waals surface area (Å²) in [5.74, 6) is 2.41. The molecular formula is C35H34Cl2NiO6S4-4. The maximum absolute atomic E-state index is 6.22. The van der Waals surface area contributed by atoms with E-state index in [0.29, 0.717) is 56.1 Å². The molecule has 2 unspecified atom stereocenters. The van der Waals surface area contributed by atoms with Gasteiger partial charge in [-0.25, -0.2) is 0 Å². The van der Waals surface area contributed by atoms with Crippen LogP contribution in [0.25, 0.3) is 9.81 Å². The van der Waals surface area contributed by atoms with Gasteiger partial charge in [-0.1, -0.05) is 82.9 Å². The van der Waals surface area contributed by atoms with Gasteiger partial charge in [0.15, 0.2) is 29.8 Å². The van der Waals surface area contributed by atoms with Crippen LogP contribution in [0, 0.1) is 0 Å². The first-order chi connectivity index (χ1) is 22.7. The molecule has 0 spiro atoms. The smallest absolute Gasteiger partial charge is 0.188 e. The molecule has 4 aromatic rings. The van der Waals surface area contributed by atoms with Crippen molar-refractivity contribution < 1.29 is 44.9 Å². The van der Waals surface area contributed by atoms with Crippen molar-refractivity contribution in [1.29, 1.82) is 0 Å². The van der Waals surface area contributed by atoms with Crippen molar-refractivity contribution in [3.05, 3.63) is 117 Å². The molecule has 0 aromatic heterocycles. The Hall–Kier alpha value is -2.05. The second kappa shape index (κ2) is 21.9. The fourth-order valence-electron chi connectivity index (χ4n) is 4.21. The average molecular weight is 809 g/mol. The van der Waals surface area contributed by atoms with Crippen LogP contribution < -0.4 is 18.9 Å². The molecule has 6 nitrogen and oxygen atoms in total. The van der Waals surface area contributed by atoms with Crippen molar-refractivity contribution in [2.24, 2.45) is 0 Å². The molecule has 0 aliphatic heterocycles. The van der Waals surface area contributed by atoms with Crippen molar-refractivity contribution in [3.63, 3.8) is 0 Å². The fourth-order valence-corrected chi connectivity index (χ4v) is 6.00. The maximum Gasteiger partial charge on any atom is 0.188 e. The molecule has 262 valence electrons. The zero-order valence-electron chi connectivity index (χ0n) is 26.5. The Balaban J connectivity index is 0.000000327. The maximum atomic E-state index is 6.22. The Labute approximate surface area is 325 Å². The summed E-state index contributed by atoms with van der Waals surface area (Å²) in [6, 6.07) is 25.9. The first-order valence-electron chi connectivity index (χ1n) is 14.2. The van der Waals surface area contributed by atoms with Crippen LogP contribution in [0.5, 0.6) is 23.0 Å². The van der Waals surface area contributed by atoms with Crippen LogP contribution in [-0.4, -0.2) is 48.4 Å². The first-order valence-corrected chi connectivity index (χ1v) is 16.7. The van der Waals surface area contributed by atoms with E-state index in [0.717, 1.165) is 22.3 Å². The van der Waals surface area contributed by atoms with E-state index in [2.05, 4.69) is 0 Å². The van der Waals surface area contributed by atoms with Crippen LogP contribution in [0.2, 0.25) is 10.0 Å². The van der Waals surface area contributed by atoms with E-state index < -0.39 is 0 Å². The van der Waals surface area contributed by atoms with Crippen LogP contribution in [0.4, 0.5) is 0 Å². The average Bonchev–Trinajstić information content (AvgIpc) is 3.10. The summed E-state index contributed by atoms with van der Waals surface area (Å²) in [4.78, 5) is 1.07. The molecule has 0 heterocycles. The molecule has 0 aliphatic carbocycles. The number of rotatable bonds is 14. The second-order valence-electron chi connectivity index (χ2n) is 9.67. The Bertz CT molecular complexity index is 1630. The van der Waals surface area contributed by atoms with Crippen molar-refractivity contribution in [2.75, 3.05) is 48.4 Å². The third kappa shape index (κ3) is 11.8. The van der Waals surface area contributed by atoms with Gasteiger partial charge in [-0.05, 0) is 47.5 Å². The van der Waals surface area contributed by atoms with Gasteiger partial charge >= 0.3 is 0 Å². The zero-order valence-corrected chi connectivity index (χ0v) is 32.3. The molecule has 13 heteroatoms. The van der Waals surface area contributed by atoms with Gasteiger partial charge in [0, 0.05) is 40.8 Å². The minimum absolute atomic E-state index is 0. The van der Waals surface area contributed by atoms with E-state index >= 15 is 0 Å². The number of hydrogen-bond donors (Lipinski definition) is 0. The molecule has 0 saturated heterocycles. The Morgan fingerprint density at radius 3 is 1.85 bits per heavy atom. The van der Waals surface area contributed by atoms with E-state index in [1.54, 1.807) is 40.6 Å². The van der Waals surface area contributed by atoms with Crippen molar-refractivity contribution >= 4 is 83.5 Å². The molecule has 4 rings (SSSR count). The van der Waals surface area contributed by atoms with E-state index in [1.165, 1.54) is 0 Å². The number of halogens is 2. The van der Waals surface area contributed by atoms with Crippen LogP contribution in [0.1, 0.15) is 32.8 Å². The van der Waals surface area contributed by atoms with Crippen molar-refractivity contribution in [3.8, 4) is 23.0 Å². The molecule has 0 saturated carbocycles. The van der Waals surface area contributed by atoms with Gasteiger partial charge in [-0.15, -0.1) is 0 Å². The number of methoxy groups -OCH3 is 4. The van der Waals surface area contributed by atoms with Gasteiger partial charge in [0.05, 0.1) is 20.8 Å². The van der Waals surface area contributed by atoms with E-state index in [1.807, 2.05) is 72.8 Å². The molecule has 4 aromatic carbocycles. The second-order valence-corrected chi connectivity index (χ2v) is 12.3. The first kappa shape index (κ1) is 42.1. The standard InChI is InChI=1S/C18H19ClO3S2.C17H19ClO3S2.Ni/c1-20-9-10-22-15-8-7-12(11-16(15)21-2)17(23)18(24)13-5-3-4-6-14(13)19;1-19-10-21-14-8-7-11(9-15(14)20-2)16(22)17(23)12-5-3-4-6-13(12)18;/h3-8,11,23-24H,9-10H2,1-2H3;3-9,16-17,22-23H,10H2,1-2H3;/p-4/b18-17-;;. The van der Waals surface area contributed by atoms with Gasteiger partial charge in [0.2, 0.25) is 0 Å².